The summed E-state index contributed by atoms with van der Waals surface area (Å²) in [6.45, 7) is 5.56. The number of nitrogens with zero attached hydrogens (tertiary/aromatic N) is 2. The fraction of sp³-hybridized carbons (Fsp3) is 0.385. The molecular formula is C13H17N3OS. The summed E-state index contributed by atoms with van der Waals surface area (Å²) in [7, 11) is 0. The van der Waals surface area contributed by atoms with Gasteiger partial charge in [0.05, 0.1) is 5.56 Å². The van der Waals surface area contributed by atoms with Crippen LogP contribution in [0.3, 0.4) is 0 Å². The van der Waals surface area contributed by atoms with E-state index in [4.69, 9.17) is 4.74 Å². The highest BCUT2D eigenvalue weighted by molar-refractivity contribution is 7.09. The Morgan fingerprint density at radius 3 is 3.00 bits per heavy atom. The van der Waals surface area contributed by atoms with Crippen molar-refractivity contribution in [2.24, 2.45) is 0 Å². The van der Waals surface area contributed by atoms with Crippen molar-refractivity contribution in [3.63, 3.8) is 0 Å². The summed E-state index contributed by atoms with van der Waals surface area (Å²) >= 11 is 1.68. The smallest absolute Gasteiger partial charge is 0.221 e. The van der Waals surface area contributed by atoms with Gasteiger partial charge in [0.1, 0.15) is 18.8 Å². The Morgan fingerprint density at radius 2 is 2.28 bits per heavy atom. The Bertz CT molecular complexity index is 485. The predicted molar refractivity (Wildman–Crippen MR) is 74.2 cm³/mol. The molecule has 0 aliphatic heterocycles. The van der Waals surface area contributed by atoms with Crippen molar-refractivity contribution in [3.05, 3.63) is 34.3 Å². The van der Waals surface area contributed by atoms with Gasteiger partial charge in [-0.05, 0) is 24.8 Å². The third-order valence-corrected chi connectivity index (χ3v) is 3.36. The lowest BCUT2D eigenvalue weighted by Gasteiger charge is -2.11. The van der Waals surface area contributed by atoms with Crippen LogP contribution in [-0.4, -0.2) is 16.5 Å². The second kappa shape index (κ2) is 6.35. The van der Waals surface area contributed by atoms with Crippen LogP contribution in [0, 0.1) is 6.92 Å². The standard InChI is InChI=1S/C13H17N3OS/c1-3-6-14-12-10(2)13(16-9-15-12)17-8-11-5-4-7-18-11/h4-5,7,9H,3,6,8H2,1-2H3,(H,14,15,16). The van der Waals surface area contributed by atoms with E-state index in [1.807, 2.05) is 18.4 Å². The molecule has 0 spiro atoms. The number of rotatable bonds is 6. The maximum Gasteiger partial charge on any atom is 0.221 e. The van der Waals surface area contributed by atoms with Crippen molar-refractivity contribution in [1.29, 1.82) is 0 Å². The number of ether oxygens (including phenoxy) is 1. The summed E-state index contributed by atoms with van der Waals surface area (Å²) in [5, 5.41) is 5.31. The number of anilines is 1. The van der Waals surface area contributed by atoms with Crippen molar-refractivity contribution >= 4 is 17.2 Å². The molecule has 1 N–H and O–H groups in total. The maximum absolute atomic E-state index is 5.72. The van der Waals surface area contributed by atoms with Crippen molar-refractivity contribution in [3.8, 4) is 5.88 Å². The van der Waals surface area contributed by atoms with E-state index in [0.29, 0.717) is 12.5 Å². The van der Waals surface area contributed by atoms with E-state index in [0.717, 1.165) is 24.3 Å². The average Bonchev–Trinajstić information content (AvgIpc) is 2.89. The molecule has 0 radical (unpaired) electrons. The molecule has 0 saturated carbocycles. The number of thiophene rings is 1. The van der Waals surface area contributed by atoms with Crippen LogP contribution in [0.4, 0.5) is 5.82 Å². The number of hydrogen-bond acceptors (Lipinski definition) is 5. The molecule has 2 aromatic heterocycles. The van der Waals surface area contributed by atoms with Crippen LogP contribution in [-0.2, 0) is 6.61 Å². The van der Waals surface area contributed by atoms with Gasteiger partial charge in [-0.2, -0.15) is 0 Å². The first-order valence-corrected chi connectivity index (χ1v) is 6.90. The van der Waals surface area contributed by atoms with Crippen LogP contribution < -0.4 is 10.1 Å². The lowest BCUT2D eigenvalue weighted by atomic mass is 10.3. The van der Waals surface area contributed by atoms with Crippen LogP contribution >= 0.6 is 11.3 Å². The third-order valence-electron chi connectivity index (χ3n) is 2.51. The van der Waals surface area contributed by atoms with Crippen molar-refractivity contribution in [2.45, 2.75) is 26.9 Å². The highest BCUT2D eigenvalue weighted by atomic mass is 32.1. The molecule has 2 aromatic rings. The molecule has 0 atom stereocenters. The second-order valence-electron chi connectivity index (χ2n) is 3.95. The van der Waals surface area contributed by atoms with E-state index in [-0.39, 0.29) is 0 Å². The first-order chi connectivity index (χ1) is 8.81. The van der Waals surface area contributed by atoms with Crippen LogP contribution in [0.5, 0.6) is 5.88 Å². The molecule has 0 saturated heterocycles. The van der Waals surface area contributed by atoms with E-state index >= 15 is 0 Å². The van der Waals surface area contributed by atoms with Crippen LogP contribution in [0.15, 0.2) is 23.8 Å². The summed E-state index contributed by atoms with van der Waals surface area (Å²) in [5.41, 5.74) is 0.961. The second-order valence-corrected chi connectivity index (χ2v) is 4.98. The molecule has 2 rings (SSSR count). The van der Waals surface area contributed by atoms with Crippen molar-refractivity contribution in [2.75, 3.05) is 11.9 Å². The molecule has 18 heavy (non-hydrogen) atoms. The molecule has 0 unspecified atom stereocenters. The molecule has 0 bridgehead atoms. The minimum Gasteiger partial charge on any atom is -0.472 e. The topological polar surface area (TPSA) is 47.0 Å². The Kier molecular flexibility index (Phi) is 4.52. The van der Waals surface area contributed by atoms with Gasteiger partial charge in [-0.25, -0.2) is 9.97 Å². The van der Waals surface area contributed by atoms with Crippen LogP contribution in [0.25, 0.3) is 0 Å². The largest absolute Gasteiger partial charge is 0.472 e. The lowest BCUT2D eigenvalue weighted by Crippen LogP contribution is -2.06. The molecule has 0 aliphatic rings. The molecule has 96 valence electrons. The Hall–Kier alpha value is -1.62. The minimum atomic E-state index is 0.558. The summed E-state index contributed by atoms with van der Waals surface area (Å²) in [6, 6.07) is 4.07. The molecule has 0 aromatic carbocycles. The molecule has 0 amide bonds. The highest BCUT2D eigenvalue weighted by Gasteiger charge is 2.07. The quantitative estimate of drug-likeness (QED) is 0.869. The fourth-order valence-corrected chi connectivity index (χ4v) is 2.15. The van der Waals surface area contributed by atoms with Gasteiger partial charge in [-0.3, -0.25) is 0 Å². The number of hydrogen-bond donors (Lipinski definition) is 1. The van der Waals surface area contributed by atoms with Crippen LogP contribution in [0.1, 0.15) is 23.8 Å². The van der Waals surface area contributed by atoms with E-state index in [1.165, 1.54) is 11.2 Å². The van der Waals surface area contributed by atoms with Gasteiger partial charge in [-0.15, -0.1) is 11.3 Å². The van der Waals surface area contributed by atoms with Crippen molar-refractivity contribution in [1.82, 2.24) is 9.97 Å². The fourth-order valence-electron chi connectivity index (χ4n) is 1.54. The van der Waals surface area contributed by atoms with Crippen molar-refractivity contribution < 1.29 is 4.74 Å². The molecule has 0 aliphatic carbocycles. The first-order valence-electron chi connectivity index (χ1n) is 6.02. The number of nitrogens with one attached hydrogen (secondary N) is 1. The van der Waals surface area contributed by atoms with Gasteiger partial charge in [0.2, 0.25) is 5.88 Å². The monoisotopic (exact) mass is 263 g/mol. The maximum atomic E-state index is 5.72. The van der Waals surface area contributed by atoms with Crippen LogP contribution in [0.2, 0.25) is 0 Å². The van der Waals surface area contributed by atoms with Gasteiger partial charge >= 0.3 is 0 Å². The van der Waals surface area contributed by atoms with E-state index < -0.39 is 0 Å². The molecule has 5 heteroatoms. The Labute approximate surface area is 111 Å². The number of aromatic nitrogens is 2. The van der Waals surface area contributed by atoms with Gasteiger partial charge in [0, 0.05) is 11.4 Å². The molecule has 0 fully saturated rings. The van der Waals surface area contributed by atoms with E-state index in [1.54, 1.807) is 11.3 Å². The zero-order valence-electron chi connectivity index (χ0n) is 10.6. The Balaban J connectivity index is 2.03. The lowest BCUT2D eigenvalue weighted by molar-refractivity contribution is 0.294. The Morgan fingerprint density at radius 1 is 1.39 bits per heavy atom. The minimum absolute atomic E-state index is 0.558. The van der Waals surface area contributed by atoms with Gasteiger partial charge in [0.25, 0.3) is 0 Å². The van der Waals surface area contributed by atoms with Gasteiger partial charge < -0.3 is 10.1 Å². The zero-order valence-corrected chi connectivity index (χ0v) is 11.5. The summed E-state index contributed by atoms with van der Waals surface area (Å²) in [6.07, 6.45) is 2.60. The summed E-state index contributed by atoms with van der Waals surface area (Å²) < 4.78 is 5.72. The third kappa shape index (κ3) is 3.20. The van der Waals surface area contributed by atoms with E-state index in [9.17, 15) is 0 Å². The molecular weight excluding hydrogens is 246 g/mol. The average molecular weight is 263 g/mol. The van der Waals surface area contributed by atoms with E-state index in [2.05, 4.69) is 28.3 Å². The normalized spacial score (nSPS) is 10.3. The summed E-state index contributed by atoms with van der Waals surface area (Å²) in [4.78, 5) is 9.59. The summed E-state index contributed by atoms with van der Waals surface area (Å²) in [5.74, 6) is 1.50. The molecule has 2 heterocycles. The predicted octanol–water partition coefficient (Wildman–Crippen LogP) is 3.25. The van der Waals surface area contributed by atoms with Gasteiger partial charge in [-0.1, -0.05) is 13.0 Å². The zero-order chi connectivity index (χ0) is 12.8. The SMILES string of the molecule is CCCNc1ncnc(OCc2cccs2)c1C. The highest BCUT2D eigenvalue weighted by Crippen LogP contribution is 2.22. The first kappa shape index (κ1) is 12.8. The van der Waals surface area contributed by atoms with Gasteiger partial charge in [0.15, 0.2) is 0 Å². The molecule has 4 nitrogen and oxygen atoms in total.